The van der Waals surface area contributed by atoms with Gasteiger partial charge in [0.25, 0.3) is 0 Å². The molecule has 0 aromatic carbocycles. The molecule has 0 spiro atoms. The maximum absolute atomic E-state index is 8.42. The molecule has 0 fully saturated rings. The monoisotopic (exact) mass is 184 g/mol. The van der Waals surface area contributed by atoms with Crippen LogP contribution in [0.25, 0.3) is 0 Å². The Hall–Kier alpha value is 3.01. The fraction of sp³-hybridized carbons (Fsp3) is 0. The first kappa shape index (κ1) is 16.0. The van der Waals surface area contributed by atoms with Crippen LogP contribution < -0.4 is 73.3 Å². The molecule has 0 unspecified atom stereocenters. The van der Waals surface area contributed by atoms with Gasteiger partial charge in [0.05, 0.1) is 0 Å². The summed E-state index contributed by atoms with van der Waals surface area (Å²) in [5.74, 6) is 0. The van der Waals surface area contributed by atoms with Gasteiger partial charge in [0.1, 0.15) is 0 Å². The SMILES string of the molecule is [Ca+2].[O-]B([O-])[O-].[Rb+]. The molecular formula is BCaO3Rb. The average Bonchev–Trinajstić information content (AvgIpc) is 0.811. The van der Waals surface area contributed by atoms with Crippen molar-refractivity contribution in [2.24, 2.45) is 0 Å². The van der Waals surface area contributed by atoms with Crippen LogP contribution in [0.15, 0.2) is 0 Å². The predicted octanol–water partition coefficient (Wildman–Crippen LogP) is -7.32. The molecule has 6 heteroatoms. The Kier molecular flexibility index (Phi) is 29.1. The third-order valence-electron chi connectivity index (χ3n) is 0. The van der Waals surface area contributed by atoms with Crippen LogP contribution in [-0.4, -0.2) is 45.1 Å². The van der Waals surface area contributed by atoms with E-state index < -0.39 is 7.32 Å². The summed E-state index contributed by atoms with van der Waals surface area (Å²) in [6.07, 6.45) is 0. The first-order valence-electron chi connectivity index (χ1n) is 0.707. The standard InChI is InChI=1S/BO3.Ca.Rb/c2-1(3)4;;/q-3;+2;+1. The zero-order valence-corrected chi connectivity index (χ0v) is 10.6. The van der Waals surface area contributed by atoms with E-state index >= 15 is 0 Å². The van der Waals surface area contributed by atoms with Gasteiger partial charge in [-0.25, -0.2) is 0 Å². The van der Waals surface area contributed by atoms with Crippen molar-refractivity contribution in [1.82, 2.24) is 0 Å². The molecule has 0 aliphatic carbocycles. The first-order chi connectivity index (χ1) is 1.73. The molecule has 0 aliphatic rings. The van der Waals surface area contributed by atoms with Crippen molar-refractivity contribution in [2.75, 3.05) is 0 Å². The molecular weight excluding hydrogens is 184 g/mol. The second-order valence-electron chi connectivity index (χ2n) is 0.289. The van der Waals surface area contributed by atoms with Crippen molar-refractivity contribution >= 4 is 45.1 Å². The molecule has 0 saturated heterocycles. The Balaban J connectivity index is -0.0000000450. The zero-order chi connectivity index (χ0) is 3.58. The normalized spacial score (nSPS) is 4.50. The van der Waals surface area contributed by atoms with Crippen molar-refractivity contribution in [3.8, 4) is 0 Å². The van der Waals surface area contributed by atoms with Gasteiger partial charge in [-0.05, 0) is 0 Å². The van der Waals surface area contributed by atoms with E-state index in [1.54, 1.807) is 0 Å². The van der Waals surface area contributed by atoms with Gasteiger partial charge >= 0.3 is 95.9 Å². The molecule has 0 heterocycles. The maximum atomic E-state index is 8.42. The summed E-state index contributed by atoms with van der Waals surface area (Å²) in [7, 11) is -2.92. The molecule has 6 heavy (non-hydrogen) atoms. The van der Waals surface area contributed by atoms with Crippen molar-refractivity contribution in [2.45, 2.75) is 0 Å². The molecule has 0 saturated carbocycles. The van der Waals surface area contributed by atoms with Crippen LogP contribution in [0.2, 0.25) is 0 Å². The second kappa shape index (κ2) is 10.9. The Labute approximate surface area is 115 Å². The van der Waals surface area contributed by atoms with Crippen LogP contribution >= 0.6 is 0 Å². The number of rotatable bonds is 0. The van der Waals surface area contributed by atoms with Gasteiger partial charge in [0.2, 0.25) is 0 Å². The summed E-state index contributed by atoms with van der Waals surface area (Å²) in [5, 5.41) is 25.2. The minimum Gasteiger partial charge on any atom is -0.907 e. The Morgan fingerprint density at radius 2 is 1.00 bits per heavy atom. The van der Waals surface area contributed by atoms with Gasteiger partial charge in [-0.3, -0.25) is 7.32 Å². The van der Waals surface area contributed by atoms with Gasteiger partial charge < -0.3 is 15.1 Å². The van der Waals surface area contributed by atoms with Gasteiger partial charge in [0, 0.05) is 0 Å². The minimum absolute atomic E-state index is 0. The summed E-state index contributed by atoms with van der Waals surface area (Å²) in [4.78, 5) is 0. The van der Waals surface area contributed by atoms with Gasteiger partial charge in [-0.15, -0.1) is 0 Å². The summed E-state index contributed by atoms with van der Waals surface area (Å²) in [6, 6.07) is 0. The quantitative estimate of drug-likeness (QED) is 0.351. The van der Waals surface area contributed by atoms with Crippen LogP contribution in [0.4, 0.5) is 0 Å². The van der Waals surface area contributed by atoms with Crippen LogP contribution in [0.3, 0.4) is 0 Å². The summed E-state index contributed by atoms with van der Waals surface area (Å²) in [6.45, 7) is 0. The topological polar surface area (TPSA) is 69.2 Å². The molecule has 0 rings (SSSR count). The van der Waals surface area contributed by atoms with Gasteiger partial charge in [-0.1, -0.05) is 0 Å². The van der Waals surface area contributed by atoms with Crippen LogP contribution in [-0.2, 0) is 0 Å². The molecule has 0 aliphatic heterocycles. The fourth-order valence-corrected chi connectivity index (χ4v) is 0. The molecule has 0 aromatic rings. The number of hydrogen-bond donors (Lipinski definition) is 0. The van der Waals surface area contributed by atoms with E-state index in [0.29, 0.717) is 0 Å². The van der Waals surface area contributed by atoms with Crippen molar-refractivity contribution in [3.63, 3.8) is 0 Å². The summed E-state index contributed by atoms with van der Waals surface area (Å²) < 4.78 is 0. The third kappa shape index (κ3) is 27.9. The molecule has 0 aromatic heterocycles. The molecule has 0 atom stereocenters. The Morgan fingerprint density at radius 3 is 1.00 bits per heavy atom. The third-order valence-corrected chi connectivity index (χ3v) is 0. The molecule has 24 valence electrons. The maximum Gasteiger partial charge on any atom is 2.00 e. The van der Waals surface area contributed by atoms with Crippen LogP contribution in [0.5, 0.6) is 0 Å². The molecule has 0 bridgehead atoms. The van der Waals surface area contributed by atoms with Crippen molar-refractivity contribution in [3.05, 3.63) is 0 Å². The molecule has 0 N–H and O–H groups in total. The van der Waals surface area contributed by atoms with E-state index in [9.17, 15) is 0 Å². The Morgan fingerprint density at radius 1 is 1.00 bits per heavy atom. The fourth-order valence-electron chi connectivity index (χ4n) is 0. The van der Waals surface area contributed by atoms with E-state index in [4.69, 9.17) is 15.1 Å². The van der Waals surface area contributed by atoms with E-state index in [1.165, 1.54) is 0 Å². The van der Waals surface area contributed by atoms with E-state index in [-0.39, 0.29) is 95.9 Å². The van der Waals surface area contributed by atoms with Crippen LogP contribution in [0.1, 0.15) is 0 Å². The van der Waals surface area contributed by atoms with E-state index in [1.807, 2.05) is 0 Å². The van der Waals surface area contributed by atoms with Gasteiger partial charge in [-0.2, -0.15) is 0 Å². The minimum atomic E-state index is -2.92. The average molecular weight is 184 g/mol. The zero-order valence-electron chi connectivity index (χ0n) is 3.51. The van der Waals surface area contributed by atoms with Crippen molar-refractivity contribution < 1.29 is 73.3 Å². The number of hydrogen-bond acceptors (Lipinski definition) is 3. The van der Waals surface area contributed by atoms with Crippen molar-refractivity contribution in [1.29, 1.82) is 0 Å². The van der Waals surface area contributed by atoms with Gasteiger partial charge in [0.15, 0.2) is 0 Å². The second-order valence-corrected chi connectivity index (χ2v) is 0.289. The van der Waals surface area contributed by atoms with Crippen LogP contribution in [0, 0.1) is 0 Å². The van der Waals surface area contributed by atoms with E-state index in [0.717, 1.165) is 0 Å². The molecule has 0 amide bonds. The molecule has 3 nitrogen and oxygen atoms in total. The molecule has 0 radical (unpaired) electrons. The smallest absolute Gasteiger partial charge is 0.907 e. The van der Waals surface area contributed by atoms with E-state index in [2.05, 4.69) is 0 Å². The summed E-state index contributed by atoms with van der Waals surface area (Å²) >= 11 is 0. The summed E-state index contributed by atoms with van der Waals surface area (Å²) in [5.41, 5.74) is 0. The largest absolute Gasteiger partial charge is 2.00 e. The Bertz CT molecular complexity index is 15.5. The first-order valence-corrected chi connectivity index (χ1v) is 0.707. The predicted molar refractivity (Wildman–Crippen MR) is 11.5 cm³/mol.